The van der Waals surface area contributed by atoms with Crippen molar-refractivity contribution in [2.75, 3.05) is 19.8 Å². The Morgan fingerprint density at radius 3 is 2.48 bits per heavy atom. The number of rotatable bonds is 11. The van der Waals surface area contributed by atoms with E-state index in [4.69, 9.17) is 32.7 Å². The van der Waals surface area contributed by atoms with Gasteiger partial charge in [-0.05, 0) is 37.1 Å². The third-order valence-electron chi connectivity index (χ3n) is 4.15. The van der Waals surface area contributed by atoms with Gasteiger partial charge < -0.3 is 14.4 Å². The normalized spacial score (nSPS) is 10.4. The predicted molar refractivity (Wildman–Crippen MR) is 114 cm³/mol. The molecule has 0 aromatic heterocycles. The van der Waals surface area contributed by atoms with Gasteiger partial charge in [0.05, 0.1) is 24.7 Å². The van der Waals surface area contributed by atoms with Crippen molar-refractivity contribution in [3.63, 3.8) is 0 Å². The van der Waals surface area contributed by atoms with Crippen LogP contribution in [0.25, 0.3) is 0 Å². The molecule has 0 fully saturated rings. The Bertz CT molecular complexity index is 799. The largest absolute Gasteiger partial charge is 0.492 e. The quantitative estimate of drug-likeness (QED) is 0.360. The van der Waals surface area contributed by atoms with Crippen LogP contribution >= 0.6 is 23.2 Å². The molecular formula is C22H25Cl2NO4. The lowest BCUT2D eigenvalue weighted by atomic mass is 10.2. The number of carbonyl (C=O) groups excluding carboxylic acids is 2. The van der Waals surface area contributed by atoms with Crippen LogP contribution in [0.2, 0.25) is 10.0 Å². The first-order chi connectivity index (χ1) is 14.0. The van der Waals surface area contributed by atoms with E-state index in [0.29, 0.717) is 54.9 Å². The summed E-state index contributed by atoms with van der Waals surface area (Å²) in [6.07, 6.45) is 1.01. The van der Waals surface area contributed by atoms with Gasteiger partial charge >= 0.3 is 5.97 Å². The molecule has 0 unspecified atom stereocenters. The van der Waals surface area contributed by atoms with E-state index in [1.54, 1.807) is 30.0 Å². The van der Waals surface area contributed by atoms with E-state index >= 15 is 0 Å². The third-order valence-corrected chi connectivity index (χ3v) is 4.68. The number of benzene rings is 2. The van der Waals surface area contributed by atoms with Crippen molar-refractivity contribution >= 4 is 35.1 Å². The van der Waals surface area contributed by atoms with Crippen molar-refractivity contribution in [2.24, 2.45) is 0 Å². The smallest absolute Gasteiger partial charge is 0.307 e. The highest BCUT2D eigenvalue weighted by Gasteiger charge is 2.16. The topological polar surface area (TPSA) is 55.8 Å². The predicted octanol–water partition coefficient (Wildman–Crippen LogP) is 5.13. The zero-order chi connectivity index (χ0) is 21.1. The summed E-state index contributed by atoms with van der Waals surface area (Å²) in [6, 6.07) is 14.7. The lowest BCUT2D eigenvalue weighted by Gasteiger charge is -2.22. The molecule has 7 heteroatoms. The van der Waals surface area contributed by atoms with Crippen LogP contribution in [0.3, 0.4) is 0 Å². The van der Waals surface area contributed by atoms with Crippen LogP contribution < -0.4 is 4.74 Å². The molecule has 0 heterocycles. The SMILES string of the molecule is CCOC(=O)CCN(Cc1ccccc1)C(=O)CCCOc1ccc(Cl)cc1Cl. The second-order valence-electron chi connectivity index (χ2n) is 6.38. The Hall–Kier alpha value is -2.24. The van der Waals surface area contributed by atoms with Gasteiger partial charge in [-0.2, -0.15) is 0 Å². The molecule has 0 N–H and O–H groups in total. The Kier molecular flexibility index (Phi) is 9.81. The first-order valence-corrected chi connectivity index (χ1v) is 10.3. The van der Waals surface area contributed by atoms with Crippen LogP contribution in [0.1, 0.15) is 31.7 Å². The van der Waals surface area contributed by atoms with E-state index < -0.39 is 0 Å². The molecule has 0 aliphatic carbocycles. The lowest BCUT2D eigenvalue weighted by Crippen LogP contribution is -2.33. The zero-order valence-corrected chi connectivity index (χ0v) is 17.9. The average molecular weight is 438 g/mol. The minimum Gasteiger partial charge on any atom is -0.492 e. The zero-order valence-electron chi connectivity index (χ0n) is 16.4. The van der Waals surface area contributed by atoms with Crippen molar-refractivity contribution < 1.29 is 19.1 Å². The Morgan fingerprint density at radius 2 is 1.79 bits per heavy atom. The number of ether oxygens (including phenoxy) is 2. The summed E-state index contributed by atoms with van der Waals surface area (Å²) in [5, 5.41) is 0.972. The molecule has 0 saturated heterocycles. The van der Waals surface area contributed by atoms with Crippen LogP contribution in [0.4, 0.5) is 0 Å². The molecule has 0 aliphatic heterocycles. The molecule has 29 heavy (non-hydrogen) atoms. The molecular weight excluding hydrogens is 413 g/mol. The van der Waals surface area contributed by atoms with Crippen LogP contribution in [0.5, 0.6) is 5.75 Å². The second kappa shape index (κ2) is 12.3. The molecule has 0 atom stereocenters. The summed E-state index contributed by atoms with van der Waals surface area (Å²) in [5.74, 6) is 0.190. The maximum atomic E-state index is 12.7. The van der Waals surface area contributed by atoms with Crippen LogP contribution in [-0.4, -0.2) is 36.5 Å². The van der Waals surface area contributed by atoms with Crippen molar-refractivity contribution in [1.29, 1.82) is 0 Å². The average Bonchev–Trinajstić information content (AvgIpc) is 2.70. The van der Waals surface area contributed by atoms with Gasteiger partial charge in [0.15, 0.2) is 0 Å². The Balaban J connectivity index is 1.87. The van der Waals surface area contributed by atoms with E-state index in [1.165, 1.54) is 0 Å². The molecule has 2 aromatic carbocycles. The van der Waals surface area contributed by atoms with Gasteiger partial charge in [0, 0.05) is 24.5 Å². The first-order valence-electron chi connectivity index (χ1n) is 9.54. The molecule has 0 spiro atoms. The maximum Gasteiger partial charge on any atom is 0.307 e. The number of esters is 1. The highest BCUT2D eigenvalue weighted by atomic mass is 35.5. The van der Waals surface area contributed by atoms with Crippen molar-refractivity contribution in [3.05, 3.63) is 64.1 Å². The number of carbonyl (C=O) groups is 2. The van der Waals surface area contributed by atoms with Gasteiger partial charge in [0.2, 0.25) is 5.91 Å². The first kappa shape index (κ1) is 23.0. The lowest BCUT2D eigenvalue weighted by molar-refractivity contribution is -0.144. The van der Waals surface area contributed by atoms with Crippen LogP contribution in [0.15, 0.2) is 48.5 Å². The summed E-state index contributed by atoms with van der Waals surface area (Å²) in [7, 11) is 0. The minimum absolute atomic E-state index is 0.0380. The van der Waals surface area contributed by atoms with Crippen molar-refractivity contribution in [2.45, 2.75) is 32.7 Å². The fourth-order valence-corrected chi connectivity index (χ4v) is 3.17. The fourth-order valence-electron chi connectivity index (χ4n) is 2.71. The molecule has 156 valence electrons. The van der Waals surface area contributed by atoms with E-state index in [-0.39, 0.29) is 18.3 Å². The molecule has 1 amide bonds. The van der Waals surface area contributed by atoms with E-state index in [1.807, 2.05) is 30.3 Å². The number of nitrogens with zero attached hydrogens (tertiary/aromatic N) is 1. The van der Waals surface area contributed by atoms with Gasteiger partial charge in [-0.25, -0.2) is 0 Å². The standard InChI is InChI=1S/C22H25Cl2NO4/c1-2-28-22(27)12-13-25(16-17-7-4-3-5-8-17)21(26)9-6-14-29-20-11-10-18(23)15-19(20)24/h3-5,7-8,10-11,15H,2,6,9,12-14,16H2,1H3. The van der Waals surface area contributed by atoms with Crippen LogP contribution in [0, 0.1) is 0 Å². The summed E-state index contributed by atoms with van der Waals surface area (Å²) in [5.41, 5.74) is 1.01. The summed E-state index contributed by atoms with van der Waals surface area (Å²) in [6.45, 7) is 3.21. The third kappa shape index (κ3) is 8.34. The molecule has 5 nitrogen and oxygen atoms in total. The summed E-state index contributed by atoms with van der Waals surface area (Å²) < 4.78 is 10.6. The van der Waals surface area contributed by atoms with E-state index in [0.717, 1.165) is 5.56 Å². The molecule has 0 radical (unpaired) electrons. The highest BCUT2D eigenvalue weighted by molar-refractivity contribution is 6.35. The van der Waals surface area contributed by atoms with E-state index in [2.05, 4.69) is 0 Å². The van der Waals surface area contributed by atoms with Gasteiger partial charge in [-0.1, -0.05) is 53.5 Å². The summed E-state index contributed by atoms with van der Waals surface area (Å²) >= 11 is 11.9. The molecule has 0 saturated carbocycles. The van der Waals surface area contributed by atoms with Gasteiger partial charge in [-0.15, -0.1) is 0 Å². The molecule has 2 aromatic rings. The highest BCUT2D eigenvalue weighted by Crippen LogP contribution is 2.27. The van der Waals surface area contributed by atoms with Gasteiger partial charge in [0.25, 0.3) is 0 Å². The monoisotopic (exact) mass is 437 g/mol. The Labute approximate surface area is 181 Å². The van der Waals surface area contributed by atoms with Gasteiger partial charge in [0.1, 0.15) is 5.75 Å². The van der Waals surface area contributed by atoms with E-state index in [9.17, 15) is 9.59 Å². The van der Waals surface area contributed by atoms with Gasteiger partial charge in [-0.3, -0.25) is 9.59 Å². The molecule has 2 rings (SSSR count). The maximum absolute atomic E-state index is 12.7. The number of amides is 1. The molecule has 0 aliphatic rings. The molecule has 0 bridgehead atoms. The summed E-state index contributed by atoms with van der Waals surface area (Å²) in [4.78, 5) is 26.1. The van der Waals surface area contributed by atoms with Crippen molar-refractivity contribution in [3.8, 4) is 5.75 Å². The second-order valence-corrected chi connectivity index (χ2v) is 7.23. The Morgan fingerprint density at radius 1 is 1.03 bits per heavy atom. The fraction of sp³-hybridized carbons (Fsp3) is 0.364. The number of halogens is 2. The van der Waals surface area contributed by atoms with Crippen molar-refractivity contribution in [1.82, 2.24) is 4.90 Å². The number of hydrogen-bond donors (Lipinski definition) is 0. The van der Waals surface area contributed by atoms with Crippen LogP contribution in [-0.2, 0) is 20.9 Å². The number of hydrogen-bond acceptors (Lipinski definition) is 4. The minimum atomic E-state index is -0.306.